The number of rotatable bonds is 8. The number of nitrogens with one attached hydrogen (secondary N) is 2. The van der Waals surface area contributed by atoms with Gasteiger partial charge in [-0.3, -0.25) is 9.89 Å². The molecule has 0 saturated carbocycles. The molecule has 26 heavy (non-hydrogen) atoms. The van der Waals surface area contributed by atoms with Gasteiger partial charge >= 0.3 is 0 Å². The molecule has 1 heterocycles. The van der Waals surface area contributed by atoms with Gasteiger partial charge in [-0.25, -0.2) is 0 Å². The summed E-state index contributed by atoms with van der Waals surface area (Å²) in [5.74, 6) is 1.75. The second-order valence-electron chi connectivity index (χ2n) is 7.11. The lowest BCUT2D eigenvalue weighted by atomic mass is 10.0. The first-order valence-corrected chi connectivity index (χ1v) is 9.64. The minimum atomic E-state index is 0.316. The van der Waals surface area contributed by atoms with Crippen molar-refractivity contribution in [1.82, 2.24) is 15.5 Å². The quantitative estimate of drug-likeness (QED) is 0.374. The molecule has 146 valence electrons. The zero-order valence-electron chi connectivity index (χ0n) is 16.4. The van der Waals surface area contributed by atoms with Crippen LogP contribution in [0.3, 0.4) is 0 Å². The van der Waals surface area contributed by atoms with Gasteiger partial charge in [-0.15, -0.1) is 0 Å². The highest BCUT2D eigenvalue weighted by atomic mass is 16.5. The molecule has 0 aliphatic carbocycles. The molecule has 1 aromatic carbocycles. The fourth-order valence-electron chi connectivity index (χ4n) is 3.28. The van der Waals surface area contributed by atoms with Gasteiger partial charge in [-0.2, -0.15) is 0 Å². The van der Waals surface area contributed by atoms with Gasteiger partial charge in [-0.1, -0.05) is 26.0 Å². The third kappa shape index (κ3) is 6.84. The maximum absolute atomic E-state index is 9.32. The summed E-state index contributed by atoms with van der Waals surface area (Å²) in [6.07, 6.45) is 2.00. The summed E-state index contributed by atoms with van der Waals surface area (Å²) in [5, 5.41) is 16.2. The molecular formula is C20H34N4O2. The number of hydrogen-bond acceptors (Lipinski definition) is 4. The van der Waals surface area contributed by atoms with Crippen LogP contribution in [0.25, 0.3) is 0 Å². The van der Waals surface area contributed by atoms with Gasteiger partial charge in [0.2, 0.25) is 0 Å². The number of guanidine groups is 1. The Morgan fingerprint density at radius 1 is 1.19 bits per heavy atom. The number of aryl methyl sites for hydroxylation is 1. The van der Waals surface area contributed by atoms with Crippen LogP contribution in [0.2, 0.25) is 0 Å². The molecule has 0 amide bonds. The first kappa shape index (κ1) is 20.5. The van der Waals surface area contributed by atoms with Crippen LogP contribution in [0.1, 0.15) is 25.8 Å². The number of aliphatic imine (C=N–C) groups is 1. The summed E-state index contributed by atoms with van der Waals surface area (Å²) in [6.45, 7) is 9.96. The van der Waals surface area contributed by atoms with Gasteiger partial charge < -0.3 is 20.5 Å². The average Bonchev–Trinajstić information content (AvgIpc) is 2.65. The zero-order valence-corrected chi connectivity index (χ0v) is 16.4. The summed E-state index contributed by atoms with van der Waals surface area (Å²) < 4.78 is 5.47. The van der Waals surface area contributed by atoms with E-state index in [0.717, 1.165) is 58.2 Å². The third-order valence-corrected chi connectivity index (χ3v) is 4.86. The van der Waals surface area contributed by atoms with Gasteiger partial charge in [0, 0.05) is 39.3 Å². The summed E-state index contributed by atoms with van der Waals surface area (Å²) in [5.41, 5.74) is 1.24. The molecule has 1 aliphatic heterocycles. The van der Waals surface area contributed by atoms with Crippen LogP contribution in [-0.2, 0) is 11.2 Å². The van der Waals surface area contributed by atoms with E-state index in [1.807, 2.05) is 19.2 Å². The zero-order chi connectivity index (χ0) is 18.8. The van der Waals surface area contributed by atoms with E-state index in [2.05, 4.69) is 34.4 Å². The van der Waals surface area contributed by atoms with Gasteiger partial charge in [0.05, 0.1) is 13.2 Å². The largest absolute Gasteiger partial charge is 0.508 e. The van der Waals surface area contributed by atoms with Crippen molar-refractivity contribution in [2.75, 3.05) is 46.4 Å². The van der Waals surface area contributed by atoms with E-state index in [-0.39, 0.29) is 0 Å². The van der Waals surface area contributed by atoms with Gasteiger partial charge in [0.1, 0.15) is 5.75 Å². The van der Waals surface area contributed by atoms with Crippen LogP contribution in [0, 0.1) is 5.92 Å². The standard InChI is InChI=1S/C20H34N4O2/c1-16(2)19(24-11-13-26-14-12-24)15-23-20(21-3)22-10-4-5-17-6-8-18(25)9-7-17/h6-9,16,19,25H,4-5,10-15H2,1-3H3,(H2,21,22,23). The second kappa shape index (κ2) is 11.0. The molecular weight excluding hydrogens is 328 g/mol. The Morgan fingerprint density at radius 3 is 2.50 bits per heavy atom. The van der Waals surface area contributed by atoms with E-state index >= 15 is 0 Å². The van der Waals surface area contributed by atoms with E-state index in [4.69, 9.17) is 4.74 Å². The SMILES string of the molecule is CN=C(NCCCc1ccc(O)cc1)NCC(C(C)C)N1CCOCC1. The van der Waals surface area contributed by atoms with E-state index in [0.29, 0.717) is 17.7 Å². The molecule has 2 rings (SSSR count). The smallest absolute Gasteiger partial charge is 0.191 e. The maximum atomic E-state index is 9.32. The lowest BCUT2D eigenvalue weighted by molar-refractivity contribution is 0.00752. The monoisotopic (exact) mass is 362 g/mol. The minimum Gasteiger partial charge on any atom is -0.508 e. The fraction of sp³-hybridized carbons (Fsp3) is 0.650. The Hall–Kier alpha value is -1.79. The molecule has 3 N–H and O–H groups in total. The average molecular weight is 363 g/mol. The minimum absolute atomic E-state index is 0.316. The van der Waals surface area contributed by atoms with Crippen LogP contribution in [0.15, 0.2) is 29.3 Å². The van der Waals surface area contributed by atoms with Crippen molar-refractivity contribution in [3.05, 3.63) is 29.8 Å². The van der Waals surface area contributed by atoms with Gasteiger partial charge in [-0.05, 0) is 36.5 Å². The molecule has 1 fully saturated rings. The molecule has 6 nitrogen and oxygen atoms in total. The highest BCUT2D eigenvalue weighted by Crippen LogP contribution is 2.12. The maximum Gasteiger partial charge on any atom is 0.191 e. The number of aromatic hydroxyl groups is 1. The Morgan fingerprint density at radius 2 is 1.88 bits per heavy atom. The number of ether oxygens (including phenoxy) is 1. The number of hydrogen-bond donors (Lipinski definition) is 3. The number of benzene rings is 1. The van der Waals surface area contributed by atoms with Crippen LogP contribution in [0.4, 0.5) is 0 Å². The van der Waals surface area contributed by atoms with Crippen LogP contribution in [-0.4, -0.2) is 68.4 Å². The van der Waals surface area contributed by atoms with Crippen molar-refractivity contribution in [2.45, 2.75) is 32.7 Å². The Bertz CT molecular complexity index is 539. The summed E-state index contributed by atoms with van der Waals surface area (Å²) in [4.78, 5) is 6.85. The van der Waals surface area contributed by atoms with Crippen LogP contribution < -0.4 is 10.6 Å². The van der Waals surface area contributed by atoms with Gasteiger partial charge in [0.25, 0.3) is 0 Å². The summed E-state index contributed by atoms with van der Waals surface area (Å²) in [7, 11) is 1.81. The first-order chi connectivity index (χ1) is 12.6. The highest BCUT2D eigenvalue weighted by Gasteiger charge is 2.23. The van der Waals surface area contributed by atoms with Crippen LogP contribution in [0.5, 0.6) is 5.75 Å². The highest BCUT2D eigenvalue weighted by molar-refractivity contribution is 5.79. The Labute approximate surface area is 157 Å². The van der Waals surface area contributed by atoms with Crippen molar-refractivity contribution in [1.29, 1.82) is 0 Å². The molecule has 0 aromatic heterocycles. The van der Waals surface area contributed by atoms with E-state index < -0.39 is 0 Å². The summed E-state index contributed by atoms with van der Waals surface area (Å²) in [6, 6.07) is 7.90. The summed E-state index contributed by atoms with van der Waals surface area (Å²) >= 11 is 0. The molecule has 0 spiro atoms. The van der Waals surface area contributed by atoms with Crippen molar-refractivity contribution in [2.24, 2.45) is 10.9 Å². The number of nitrogens with zero attached hydrogens (tertiary/aromatic N) is 2. The predicted molar refractivity (Wildman–Crippen MR) is 107 cm³/mol. The molecule has 1 atom stereocenters. The molecule has 0 radical (unpaired) electrons. The van der Waals surface area contributed by atoms with E-state index in [9.17, 15) is 5.11 Å². The molecule has 1 unspecified atom stereocenters. The first-order valence-electron chi connectivity index (χ1n) is 9.64. The normalized spacial score (nSPS) is 17.3. The van der Waals surface area contributed by atoms with E-state index in [1.54, 1.807) is 12.1 Å². The molecule has 0 bridgehead atoms. The molecule has 6 heteroatoms. The molecule has 1 saturated heterocycles. The van der Waals surface area contributed by atoms with Crippen LogP contribution >= 0.6 is 0 Å². The Kier molecular flexibility index (Phi) is 8.71. The lowest BCUT2D eigenvalue weighted by Crippen LogP contribution is -2.52. The van der Waals surface area contributed by atoms with E-state index in [1.165, 1.54) is 5.56 Å². The number of phenols is 1. The fourth-order valence-corrected chi connectivity index (χ4v) is 3.28. The number of morpholine rings is 1. The molecule has 1 aromatic rings. The Balaban J connectivity index is 1.71. The second-order valence-corrected chi connectivity index (χ2v) is 7.11. The topological polar surface area (TPSA) is 69.1 Å². The molecule has 1 aliphatic rings. The number of phenolic OH excluding ortho intramolecular Hbond substituents is 1. The predicted octanol–water partition coefficient (Wildman–Crippen LogP) is 1.85. The van der Waals surface area contributed by atoms with Crippen molar-refractivity contribution >= 4 is 5.96 Å². The van der Waals surface area contributed by atoms with Crippen molar-refractivity contribution in [3.8, 4) is 5.75 Å². The van der Waals surface area contributed by atoms with Crippen molar-refractivity contribution in [3.63, 3.8) is 0 Å². The van der Waals surface area contributed by atoms with Gasteiger partial charge in [0.15, 0.2) is 5.96 Å². The third-order valence-electron chi connectivity index (χ3n) is 4.86. The van der Waals surface area contributed by atoms with Crippen molar-refractivity contribution < 1.29 is 9.84 Å². The lowest BCUT2D eigenvalue weighted by Gasteiger charge is -2.37.